The average Bonchev–Trinajstić information content (AvgIpc) is 2.75. The Bertz CT molecular complexity index is 969. The Labute approximate surface area is 170 Å². The van der Waals surface area contributed by atoms with Gasteiger partial charge >= 0.3 is 0 Å². The number of rotatable bonds is 8. The zero-order valence-electron chi connectivity index (χ0n) is 16.6. The summed E-state index contributed by atoms with van der Waals surface area (Å²) in [4.78, 5) is 12.6. The molecule has 1 N–H and O–H groups in total. The molecule has 0 radical (unpaired) electrons. The lowest BCUT2D eigenvalue weighted by Crippen LogP contribution is -2.12. The quantitative estimate of drug-likeness (QED) is 0.573. The minimum absolute atomic E-state index is 0.241. The van der Waals surface area contributed by atoms with E-state index in [2.05, 4.69) is 5.32 Å². The molecule has 0 saturated heterocycles. The molecule has 0 fully saturated rings. The molecular weight excluding hydrogens is 370 g/mol. The molecule has 3 aromatic rings. The number of carbonyl (C=O) groups excluding carboxylic acids is 1. The van der Waals surface area contributed by atoms with E-state index < -0.39 is 0 Å². The first-order chi connectivity index (χ1) is 14.1. The fourth-order valence-corrected chi connectivity index (χ4v) is 2.70. The topological polar surface area (TPSA) is 66.0 Å². The second-order valence-electron chi connectivity index (χ2n) is 6.06. The van der Waals surface area contributed by atoms with Gasteiger partial charge in [-0.15, -0.1) is 0 Å². The average molecular weight is 393 g/mol. The number of methoxy groups -OCH3 is 2. The molecule has 3 aromatic carbocycles. The summed E-state index contributed by atoms with van der Waals surface area (Å²) >= 11 is 0. The summed E-state index contributed by atoms with van der Waals surface area (Å²) in [5, 5.41) is 2.86. The second-order valence-corrected chi connectivity index (χ2v) is 6.06. The first-order valence-corrected chi connectivity index (χ1v) is 9.17. The van der Waals surface area contributed by atoms with E-state index in [0.717, 1.165) is 5.75 Å². The third-order valence-electron chi connectivity index (χ3n) is 4.11. The van der Waals surface area contributed by atoms with Crippen LogP contribution in [0.2, 0.25) is 0 Å². The Morgan fingerprint density at radius 1 is 0.828 bits per heavy atom. The van der Waals surface area contributed by atoms with Crippen LogP contribution in [0.25, 0.3) is 0 Å². The molecule has 3 rings (SSSR count). The van der Waals surface area contributed by atoms with Crippen molar-refractivity contribution in [1.29, 1.82) is 0 Å². The predicted octanol–water partition coefficient (Wildman–Crippen LogP) is 5.15. The van der Waals surface area contributed by atoms with Crippen LogP contribution in [-0.4, -0.2) is 26.7 Å². The van der Waals surface area contributed by atoms with Gasteiger partial charge < -0.3 is 24.3 Å². The molecule has 0 aliphatic rings. The third kappa shape index (κ3) is 5.19. The highest BCUT2D eigenvalue weighted by Gasteiger charge is 2.11. The molecule has 0 aromatic heterocycles. The van der Waals surface area contributed by atoms with Crippen LogP contribution in [-0.2, 0) is 0 Å². The number of hydrogen-bond donors (Lipinski definition) is 1. The zero-order valence-corrected chi connectivity index (χ0v) is 16.6. The maximum absolute atomic E-state index is 12.6. The summed E-state index contributed by atoms with van der Waals surface area (Å²) in [6.45, 7) is 2.36. The molecule has 0 atom stereocenters. The number of amides is 1. The van der Waals surface area contributed by atoms with Crippen molar-refractivity contribution in [3.8, 4) is 28.7 Å². The van der Waals surface area contributed by atoms with Crippen LogP contribution in [0.4, 0.5) is 5.69 Å². The van der Waals surface area contributed by atoms with Crippen molar-refractivity contribution in [1.82, 2.24) is 0 Å². The van der Waals surface area contributed by atoms with E-state index in [1.165, 1.54) is 0 Å². The highest BCUT2D eigenvalue weighted by molar-refractivity contribution is 6.04. The minimum Gasteiger partial charge on any atom is -0.497 e. The molecule has 0 spiro atoms. The van der Waals surface area contributed by atoms with Crippen molar-refractivity contribution in [3.63, 3.8) is 0 Å². The zero-order chi connectivity index (χ0) is 20.6. The summed E-state index contributed by atoms with van der Waals surface area (Å²) in [6, 6.07) is 19.5. The SMILES string of the molecule is CCOc1cc(C(=O)Nc2ccc(Oc3cccc(OC)c3)cc2)ccc1OC. The summed E-state index contributed by atoms with van der Waals surface area (Å²) in [7, 11) is 3.17. The molecule has 0 heterocycles. The Hall–Kier alpha value is -3.67. The molecule has 0 saturated carbocycles. The van der Waals surface area contributed by atoms with Crippen LogP contribution >= 0.6 is 0 Å². The van der Waals surface area contributed by atoms with Crippen molar-refractivity contribution in [2.24, 2.45) is 0 Å². The van der Waals surface area contributed by atoms with E-state index >= 15 is 0 Å². The van der Waals surface area contributed by atoms with E-state index in [1.54, 1.807) is 62.8 Å². The first-order valence-electron chi connectivity index (χ1n) is 9.17. The molecule has 0 unspecified atom stereocenters. The van der Waals surface area contributed by atoms with Crippen LogP contribution in [0.1, 0.15) is 17.3 Å². The number of anilines is 1. The van der Waals surface area contributed by atoms with Gasteiger partial charge in [0.05, 0.1) is 20.8 Å². The van der Waals surface area contributed by atoms with Crippen LogP contribution in [0.3, 0.4) is 0 Å². The molecule has 1 amide bonds. The van der Waals surface area contributed by atoms with E-state index in [-0.39, 0.29) is 5.91 Å². The third-order valence-corrected chi connectivity index (χ3v) is 4.11. The van der Waals surface area contributed by atoms with E-state index in [9.17, 15) is 4.79 Å². The maximum Gasteiger partial charge on any atom is 0.255 e. The fourth-order valence-electron chi connectivity index (χ4n) is 2.70. The number of hydrogen-bond acceptors (Lipinski definition) is 5. The lowest BCUT2D eigenvalue weighted by atomic mass is 10.2. The van der Waals surface area contributed by atoms with Crippen molar-refractivity contribution in [3.05, 3.63) is 72.3 Å². The summed E-state index contributed by atoms with van der Waals surface area (Å²) in [5.74, 6) is 2.92. The Balaban J connectivity index is 1.67. The van der Waals surface area contributed by atoms with Gasteiger partial charge in [-0.2, -0.15) is 0 Å². The van der Waals surface area contributed by atoms with Gasteiger partial charge in [-0.3, -0.25) is 4.79 Å². The number of ether oxygens (including phenoxy) is 4. The highest BCUT2D eigenvalue weighted by atomic mass is 16.5. The van der Waals surface area contributed by atoms with Crippen LogP contribution < -0.4 is 24.3 Å². The fraction of sp³-hybridized carbons (Fsp3) is 0.174. The molecule has 6 nitrogen and oxygen atoms in total. The summed E-state index contributed by atoms with van der Waals surface area (Å²) in [6.07, 6.45) is 0. The van der Waals surface area contributed by atoms with Crippen molar-refractivity contribution in [2.75, 3.05) is 26.1 Å². The van der Waals surface area contributed by atoms with Gasteiger partial charge in [-0.25, -0.2) is 0 Å². The van der Waals surface area contributed by atoms with Crippen LogP contribution in [0.15, 0.2) is 66.7 Å². The molecule has 29 heavy (non-hydrogen) atoms. The lowest BCUT2D eigenvalue weighted by molar-refractivity contribution is 0.102. The second kappa shape index (κ2) is 9.50. The largest absolute Gasteiger partial charge is 0.497 e. The van der Waals surface area contributed by atoms with Crippen LogP contribution in [0.5, 0.6) is 28.7 Å². The summed E-state index contributed by atoms with van der Waals surface area (Å²) in [5.41, 5.74) is 1.13. The number of benzene rings is 3. The monoisotopic (exact) mass is 393 g/mol. The van der Waals surface area contributed by atoms with Crippen molar-refractivity contribution >= 4 is 11.6 Å². The van der Waals surface area contributed by atoms with Crippen LogP contribution in [0, 0.1) is 0 Å². The van der Waals surface area contributed by atoms with E-state index in [0.29, 0.717) is 40.9 Å². The molecule has 0 aliphatic carbocycles. The summed E-state index contributed by atoms with van der Waals surface area (Å²) < 4.78 is 21.8. The normalized spacial score (nSPS) is 10.2. The number of nitrogens with one attached hydrogen (secondary N) is 1. The molecule has 150 valence electrons. The predicted molar refractivity (Wildman–Crippen MR) is 112 cm³/mol. The van der Waals surface area contributed by atoms with E-state index in [1.807, 2.05) is 25.1 Å². The maximum atomic E-state index is 12.6. The van der Waals surface area contributed by atoms with Crippen molar-refractivity contribution < 1.29 is 23.7 Å². The van der Waals surface area contributed by atoms with Crippen molar-refractivity contribution in [2.45, 2.75) is 6.92 Å². The van der Waals surface area contributed by atoms with Gasteiger partial charge in [-0.05, 0) is 61.5 Å². The van der Waals surface area contributed by atoms with Gasteiger partial charge in [0.25, 0.3) is 5.91 Å². The van der Waals surface area contributed by atoms with E-state index in [4.69, 9.17) is 18.9 Å². The molecule has 0 aliphatic heterocycles. The standard InChI is InChI=1S/C23H23NO5/c1-4-28-22-14-16(8-13-21(22)27-3)23(25)24-17-9-11-18(12-10-17)29-20-7-5-6-19(15-20)26-2/h5-15H,4H2,1-3H3,(H,24,25). The Morgan fingerprint density at radius 2 is 1.59 bits per heavy atom. The highest BCUT2D eigenvalue weighted by Crippen LogP contribution is 2.29. The minimum atomic E-state index is -0.241. The lowest BCUT2D eigenvalue weighted by Gasteiger charge is -2.12. The Kier molecular flexibility index (Phi) is 6.58. The first kappa shape index (κ1) is 20.1. The molecule has 6 heteroatoms. The van der Waals surface area contributed by atoms with Gasteiger partial charge in [-0.1, -0.05) is 6.07 Å². The van der Waals surface area contributed by atoms with Gasteiger partial charge in [0.2, 0.25) is 0 Å². The number of carbonyl (C=O) groups is 1. The molecule has 0 bridgehead atoms. The van der Waals surface area contributed by atoms with Gasteiger partial charge in [0.1, 0.15) is 17.2 Å². The van der Waals surface area contributed by atoms with Gasteiger partial charge in [0, 0.05) is 17.3 Å². The van der Waals surface area contributed by atoms with Gasteiger partial charge in [0.15, 0.2) is 11.5 Å². The Morgan fingerprint density at radius 3 is 2.28 bits per heavy atom. The molecular formula is C23H23NO5. The smallest absolute Gasteiger partial charge is 0.255 e.